The Bertz CT molecular complexity index is 867. The van der Waals surface area contributed by atoms with E-state index in [2.05, 4.69) is 10.1 Å². The fourth-order valence-electron chi connectivity index (χ4n) is 2.20. The Morgan fingerprint density at radius 3 is 2.30 bits per heavy atom. The van der Waals surface area contributed by atoms with Gasteiger partial charge in [-0.15, -0.1) is 0 Å². The largest absolute Gasteiger partial charge is 0.479 e. The number of ether oxygens (including phenoxy) is 3. The molecule has 0 saturated carbocycles. The summed E-state index contributed by atoms with van der Waals surface area (Å²) < 4.78 is 14.9. The normalized spacial score (nSPS) is 11.3. The van der Waals surface area contributed by atoms with Crippen LogP contribution in [-0.4, -0.2) is 38.2 Å². The Morgan fingerprint density at radius 2 is 1.67 bits per heavy atom. The van der Waals surface area contributed by atoms with Gasteiger partial charge in [-0.1, -0.05) is 23.7 Å². The van der Waals surface area contributed by atoms with Crippen molar-refractivity contribution in [2.45, 2.75) is 13.0 Å². The molecule has 1 atom stereocenters. The lowest BCUT2D eigenvalue weighted by Gasteiger charge is -2.17. The summed E-state index contributed by atoms with van der Waals surface area (Å²) in [7, 11) is 2.44. The van der Waals surface area contributed by atoms with E-state index >= 15 is 0 Å². The van der Waals surface area contributed by atoms with E-state index in [-0.39, 0.29) is 16.8 Å². The first-order valence-corrected chi connectivity index (χ1v) is 8.28. The number of carbonyl (C=O) groups is 3. The second-order valence-corrected chi connectivity index (χ2v) is 5.83. The van der Waals surface area contributed by atoms with Crippen LogP contribution >= 0.6 is 11.6 Å². The number of hydrogen-bond donors (Lipinski definition) is 1. The van der Waals surface area contributed by atoms with Crippen molar-refractivity contribution in [3.05, 3.63) is 58.6 Å². The van der Waals surface area contributed by atoms with Crippen LogP contribution in [0, 0.1) is 0 Å². The molecular weight excluding hydrogens is 374 g/mol. The molecule has 2 aromatic rings. The van der Waals surface area contributed by atoms with Crippen LogP contribution in [0.15, 0.2) is 42.5 Å². The van der Waals surface area contributed by atoms with E-state index in [9.17, 15) is 14.4 Å². The van der Waals surface area contributed by atoms with Crippen molar-refractivity contribution in [2.24, 2.45) is 0 Å². The molecule has 1 unspecified atom stereocenters. The average molecular weight is 392 g/mol. The maximum atomic E-state index is 12.5. The molecule has 0 heterocycles. The molecule has 8 heteroatoms. The van der Waals surface area contributed by atoms with Crippen LogP contribution in [-0.2, 0) is 14.3 Å². The Kier molecular flexibility index (Phi) is 6.79. The van der Waals surface area contributed by atoms with Gasteiger partial charge in [0.25, 0.3) is 5.91 Å². The van der Waals surface area contributed by atoms with Gasteiger partial charge in [0.2, 0.25) is 0 Å². The van der Waals surface area contributed by atoms with Gasteiger partial charge in [-0.3, -0.25) is 4.79 Å². The van der Waals surface area contributed by atoms with Crippen molar-refractivity contribution >= 4 is 35.1 Å². The number of para-hydroxylation sites is 1. The number of methoxy groups -OCH3 is 2. The number of carbonyl (C=O) groups excluding carboxylic acids is 3. The molecule has 0 saturated heterocycles. The third kappa shape index (κ3) is 4.98. The summed E-state index contributed by atoms with van der Waals surface area (Å²) in [6.07, 6.45) is -0.919. The van der Waals surface area contributed by atoms with Crippen molar-refractivity contribution in [2.75, 3.05) is 19.5 Å². The lowest BCUT2D eigenvalue weighted by atomic mass is 10.1. The van der Waals surface area contributed by atoms with E-state index in [1.165, 1.54) is 39.3 Å². The molecule has 0 bridgehead atoms. The number of amides is 1. The molecule has 1 amide bonds. The predicted molar refractivity (Wildman–Crippen MR) is 99.3 cm³/mol. The molecule has 0 fully saturated rings. The van der Waals surface area contributed by atoms with Gasteiger partial charge in [0.1, 0.15) is 5.75 Å². The van der Waals surface area contributed by atoms with E-state index in [0.717, 1.165) is 0 Å². The first kappa shape index (κ1) is 20.3. The van der Waals surface area contributed by atoms with Gasteiger partial charge in [0.05, 0.1) is 36.1 Å². The van der Waals surface area contributed by atoms with E-state index in [4.69, 9.17) is 21.1 Å². The maximum Gasteiger partial charge on any atom is 0.339 e. The minimum absolute atomic E-state index is 0.0865. The van der Waals surface area contributed by atoms with Gasteiger partial charge in [0, 0.05) is 0 Å². The Morgan fingerprint density at radius 1 is 1.00 bits per heavy atom. The zero-order chi connectivity index (χ0) is 20.0. The molecule has 0 aliphatic heterocycles. The molecule has 27 heavy (non-hydrogen) atoms. The summed E-state index contributed by atoms with van der Waals surface area (Å²) in [5.41, 5.74) is 0.355. The van der Waals surface area contributed by atoms with Crippen molar-refractivity contribution in [1.82, 2.24) is 0 Å². The standard InChI is InChI=1S/C19H18ClNO6/c1-11(27-16-7-5-4-6-14(16)20)17(22)21-15-10-12(18(23)25-2)8-9-13(15)19(24)26-3/h4-11H,1-3H3,(H,21,22). The lowest BCUT2D eigenvalue weighted by molar-refractivity contribution is -0.122. The third-order valence-corrected chi connectivity index (χ3v) is 3.93. The molecule has 0 aromatic heterocycles. The quantitative estimate of drug-likeness (QED) is 0.759. The van der Waals surface area contributed by atoms with Crippen molar-refractivity contribution < 1.29 is 28.6 Å². The van der Waals surface area contributed by atoms with E-state index in [1.54, 1.807) is 24.3 Å². The summed E-state index contributed by atoms with van der Waals surface area (Å²) in [5, 5.41) is 2.93. The number of anilines is 1. The van der Waals surface area contributed by atoms with Gasteiger partial charge in [-0.2, -0.15) is 0 Å². The summed E-state index contributed by atoms with van der Waals surface area (Å²) in [4.78, 5) is 36.2. The molecule has 142 valence electrons. The van der Waals surface area contributed by atoms with Crippen molar-refractivity contribution in [1.29, 1.82) is 0 Å². The van der Waals surface area contributed by atoms with Crippen LogP contribution in [0.1, 0.15) is 27.6 Å². The number of nitrogens with one attached hydrogen (secondary N) is 1. The van der Waals surface area contributed by atoms with Gasteiger partial charge >= 0.3 is 11.9 Å². The minimum atomic E-state index is -0.919. The zero-order valence-electron chi connectivity index (χ0n) is 14.9. The lowest BCUT2D eigenvalue weighted by Crippen LogP contribution is -2.31. The van der Waals surface area contributed by atoms with E-state index in [1.807, 2.05) is 0 Å². The highest BCUT2D eigenvalue weighted by molar-refractivity contribution is 6.32. The maximum absolute atomic E-state index is 12.5. The predicted octanol–water partition coefficient (Wildman–Crippen LogP) is 3.32. The second kappa shape index (κ2) is 9.05. The second-order valence-electron chi connectivity index (χ2n) is 5.42. The number of benzene rings is 2. The fourth-order valence-corrected chi connectivity index (χ4v) is 2.38. The van der Waals surface area contributed by atoms with Gasteiger partial charge < -0.3 is 19.5 Å². The monoisotopic (exact) mass is 391 g/mol. The first-order chi connectivity index (χ1) is 12.9. The highest BCUT2D eigenvalue weighted by Crippen LogP contribution is 2.25. The zero-order valence-corrected chi connectivity index (χ0v) is 15.7. The van der Waals surface area contributed by atoms with Gasteiger partial charge in [-0.25, -0.2) is 9.59 Å². The third-order valence-electron chi connectivity index (χ3n) is 3.61. The van der Waals surface area contributed by atoms with Crippen LogP contribution in [0.3, 0.4) is 0 Å². The van der Waals surface area contributed by atoms with E-state index < -0.39 is 23.9 Å². The molecule has 1 N–H and O–H groups in total. The molecule has 2 rings (SSSR count). The molecular formula is C19H18ClNO6. The fraction of sp³-hybridized carbons (Fsp3) is 0.211. The summed E-state index contributed by atoms with van der Waals surface area (Å²) >= 11 is 6.02. The van der Waals surface area contributed by atoms with Gasteiger partial charge in [0.15, 0.2) is 6.10 Å². The number of rotatable bonds is 6. The van der Waals surface area contributed by atoms with Crippen LogP contribution in [0.25, 0.3) is 0 Å². The SMILES string of the molecule is COC(=O)c1ccc(C(=O)OC)c(NC(=O)C(C)Oc2ccccc2Cl)c1. The number of halogens is 1. The van der Waals surface area contributed by atoms with Crippen molar-refractivity contribution in [3.8, 4) is 5.75 Å². The average Bonchev–Trinajstić information content (AvgIpc) is 2.68. The molecule has 0 radical (unpaired) electrons. The molecule has 0 aliphatic carbocycles. The van der Waals surface area contributed by atoms with Crippen LogP contribution in [0.4, 0.5) is 5.69 Å². The highest BCUT2D eigenvalue weighted by Gasteiger charge is 2.21. The molecule has 0 spiro atoms. The molecule has 2 aromatic carbocycles. The Balaban J connectivity index is 2.25. The molecule has 7 nitrogen and oxygen atoms in total. The summed E-state index contributed by atoms with van der Waals surface area (Å²) in [6, 6.07) is 10.8. The Labute approximate surface area is 161 Å². The van der Waals surface area contributed by atoms with Crippen LogP contribution in [0.5, 0.6) is 5.75 Å². The molecule has 0 aliphatic rings. The Hall–Kier alpha value is -3.06. The number of hydrogen-bond acceptors (Lipinski definition) is 6. The highest BCUT2D eigenvalue weighted by atomic mass is 35.5. The van der Waals surface area contributed by atoms with Crippen molar-refractivity contribution in [3.63, 3.8) is 0 Å². The summed E-state index contributed by atoms with van der Waals surface area (Å²) in [5.74, 6) is -1.47. The van der Waals surface area contributed by atoms with E-state index in [0.29, 0.717) is 10.8 Å². The first-order valence-electron chi connectivity index (χ1n) is 7.90. The van der Waals surface area contributed by atoms with Gasteiger partial charge in [-0.05, 0) is 37.3 Å². The van der Waals surface area contributed by atoms with Crippen LogP contribution in [0.2, 0.25) is 5.02 Å². The number of esters is 2. The smallest absolute Gasteiger partial charge is 0.339 e. The van der Waals surface area contributed by atoms with Crippen LogP contribution < -0.4 is 10.1 Å². The topological polar surface area (TPSA) is 90.9 Å². The summed E-state index contributed by atoms with van der Waals surface area (Å²) in [6.45, 7) is 1.53. The minimum Gasteiger partial charge on any atom is -0.479 e.